The molecule has 0 aliphatic carbocycles. The number of nitrogens with one attached hydrogen (secondary N) is 1. The Morgan fingerprint density at radius 1 is 1.18 bits per heavy atom. The first-order valence-corrected chi connectivity index (χ1v) is 9.08. The summed E-state index contributed by atoms with van der Waals surface area (Å²) in [5.74, 6) is 1.47. The highest BCUT2D eigenvalue weighted by Crippen LogP contribution is 2.23. The largest absolute Gasteiger partial charge is 0.494 e. The molecule has 1 aromatic heterocycles. The lowest BCUT2D eigenvalue weighted by Gasteiger charge is -2.16. The van der Waals surface area contributed by atoms with Crippen molar-refractivity contribution < 1.29 is 18.8 Å². The Hall–Kier alpha value is -3.35. The molecular formula is C21H23N3O4. The fraction of sp³-hybridized carbons (Fsp3) is 0.286. The quantitative estimate of drug-likeness (QED) is 0.661. The van der Waals surface area contributed by atoms with Crippen LogP contribution in [0.1, 0.15) is 25.0 Å². The molecule has 2 aromatic carbocycles. The second-order valence-corrected chi connectivity index (χ2v) is 6.33. The number of rotatable bonds is 7. The molecule has 3 rings (SSSR count). The van der Waals surface area contributed by atoms with E-state index in [1.807, 2.05) is 63.2 Å². The molecule has 1 unspecified atom stereocenters. The lowest BCUT2D eigenvalue weighted by Crippen LogP contribution is -2.30. The number of hydrogen-bond acceptors (Lipinski definition) is 6. The molecular weight excluding hydrogens is 358 g/mol. The number of ether oxygens (including phenoxy) is 2. The van der Waals surface area contributed by atoms with E-state index < -0.39 is 6.10 Å². The Kier molecular flexibility index (Phi) is 5.93. The molecule has 146 valence electrons. The van der Waals surface area contributed by atoms with Crippen LogP contribution in [0, 0.1) is 13.8 Å². The zero-order valence-electron chi connectivity index (χ0n) is 16.4. The molecule has 7 nitrogen and oxygen atoms in total. The summed E-state index contributed by atoms with van der Waals surface area (Å²) in [6, 6.07) is 13.0. The van der Waals surface area contributed by atoms with E-state index in [0.717, 1.165) is 22.4 Å². The van der Waals surface area contributed by atoms with Crippen LogP contribution in [0.25, 0.3) is 11.5 Å². The SMILES string of the molecule is CCOc1ccc(-c2nc(NC(=O)C(C)Oc3cccc(C)c3C)no2)cc1. The second kappa shape index (κ2) is 8.56. The van der Waals surface area contributed by atoms with Crippen LogP contribution in [0.5, 0.6) is 11.5 Å². The van der Waals surface area contributed by atoms with Crippen LogP contribution in [0.2, 0.25) is 0 Å². The molecule has 0 fully saturated rings. The summed E-state index contributed by atoms with van der Waals surface area (Å²) >= 11 is 0. The van der Waals surface area contributed by atoms with Crippen LogP contribution in [0.4, 0.5) is 5.95 Å². The van der Waals surface area contributed by atoms with Crippen LogP contribution < -0.4 is 14.8 Å². The number of nitrogens with zero attached hydrogens (tertiary/aromatic N) is 2. The number of benzene rings is 2. The summed E-state index contributed by atoms with van der Waals surface area (Å²) < 4.78 is 16.4. The number of hydrogen-bond donors (Lipinski definition) is 1. The predicted molar refractivity (Wildman–Crippen MR) is 106 cm³/mol. The van der Waals surface area contributed by atoms with Gasteiger partial charge in [0.2, 0.25) is 0 Å². The van der Waals surface area contributed by atoms with E-state index in [4.69, 9.17) is 14.0 Å². The number of carbonyl (C=O) groups excluding carboxylic acids is 1. The number of amides is 1. The molecule has 0 aliphatic heterocycles. The van der Waals surface area contributed by atoms with Crippen molar-refractivity contribution in [3.05, 3.63) is 53.6 Å². The molecule has 1 heterocycles. The van der Waals surface area contributed by atoms with Crippen molar-refractivity contribution in [2.45, 2.75) is 33.8 Å². The van der Waals surface area contributed by atoms with E-state index in [2.05, 4.69) is 15.5 Å². The van der Waals surface area contributed by atoms with Crippen molar-refractivity contribution >= 4 is 11.9 Å². The van der Waals surface area contributed by atoms with Gasteiger partial charge in [-0.05, 0) is 74.3 Å². The Balaban J connectivity index is 1.63. The normalized spacial score (nSPS) is 11.7. The van der Waals surface area contributed by atoms with Crippen molar-refractivity contribution in [3.63, 3.8) is 0 Å². The minimum absolute atomic E-state index is 0.0882. The van der Waals surface area contributed by atoms with Gasteiger partial charge in [-0.2, -0.15) is 4.98 Å². The smallest absolute Gasteiger partial charge is 0.270 e. The number of carbonyl (C=O) groups is 1. The maximum Gasteiger partial charge on any atom is 0.270 e. The fourth-order valence-corrected chi connectivity index (χ4v) is 2.56. The summed E-state index contributed by atoms with van der Waals surface area (Å²) in [5, 5.41) is 6.42. The van der Waals surface area contributed by atoms with E-state index in [1.54, 1.807) is 6.92 Å². The minimum atomic E-state index is -0.715. The highest BCUT2D eigenvalue weighted by atomic mass is 16.5. The average molecular weight is 381 g/mol. The molecule has 0 aliphatic rings. The van der Waals surface area contributed by atoms with Crippen LogP contribution in [0.15, 0.2) is 47.0 Å². The van der Waals surface area contributed by atoms with Gasteiger partial charge in [0.15, 0.2) is 6.10 Å². The molecule has 0 saturated carbocycles. The van der Waals surface area contributed by atoms with Gasteiger partial charge < -0.3 is 14.0 Å². The Morgan fingerprint density at radius 3 is 2.64 bits per heavy atom. The molecule has 1 N–H and O–H groups in total. The first kappa shape index (κ1) is 19.4. The molecule has 0 saturated heterocycles. The van der Waals surface area contributed by atoms with E-state index in [9.17, 15) is 4.79 Å². The summed E-state index contributed by atoms with van der Waals surface area (Å²) in [6.07, 6.45) is -0.715. The number of aryl methyl sites for hydroxylation is 1. The Bertz CT molecular complexity index is 951. The van der Waals surface area contributed by atoms with Crippen molar-refractivity contribution in [1.29, 1.82) is 0 Å². The molecule has 7 heteroatoms. The van der Waals surface area contributed by atoms with E-state index in [0.29, 0.717) is 18.2 Å². The molecule has 0 spiro atoms. The highest BCUT2D eigenvalue weighted by Gasteiger charge is 2.19. The zero-order chi connectivity index (χ0) is 20.1. The van der Waals surface area contributed by atoms with Gasteiger partial charge in [-0.25, -0.2) is 0 Å². The van der Waals surface area contributed by atoms with Crippen LogP contribution in [0.3, 0.4) is 0 Å². The third-order valence-electron chi connectivity index (χ3n) is 4.30. The first-order chi connectivity index (χ1) is 13.5. The van der Waals surface area contributed by atoms with Gasteiger partial charge in [-0.1, -0.05) is 12.1 Å². The summed E-state index contributed by atoms with van der Waals surface area (Å²) in [6.45, 7) is 8.14. The number of aromatic nitrogens is 2. The molecule has 3 aromatic rings. The van der Waals surface area contributed by atoms with E-state index in [1.165, 1.54) is 0 Å². The molecule has 28 heavy (non-hydrogen) atoms. The Morgan fingerprint density at radius 2 is 1.93 bits per heavy atom. The first-order valence-electron chi connectivity index (χ1n) is 9.08. The van der Waals surface area contributed by atoms with Crippen LogP contribution >= 0.6 is 0 Å². The molecule has 1 amide bonds. The summed E-state index contributed by atoms with van der Waals surface area (Å²) in [7, 11) is 0. The predicted octanol–water partition coefficient (Wildman–Crippen LogP) is 4.16. The summed E-state index contributed by atoms with van der Waals surface area (Å²) in [5.41, 5.74) is 2.83. The van der Waals surface area contributed by atoms with Gasteiger partial charge in [0, 0.05) is 5.56 Å². The molecule has 0 radical (unpaired) electrons. The average Bonchev–Trinajstić information content (AvgIpc) is 3.14. The van der Waals surface area contributed by atoms with Crippen LogP contribution in [-0.4, -0.2) is 28.8 Å². The van der Waals surface area contributed by atoms with Gasteiger partial charge in [0.05, 0.1) is 6.61 Å². The molecule has 1 atom stereocenters. The zero-order valence-corrected chi connectivity index (χ0v) is 16.4. The van der Waals surface area contributed by atoms with Crippen molar-refractivity contribution in [2.24, 2.45) is 0 Å². The van der Waals surface area contributed by atoms with Gasteiger partial charge in [0.1, 0.15) is 11.5 Å². The van der Waals surface area contributed by atoms with Crippen molar-refractivity contribution in [2.75, 3.05) is 11.9 Å². The van der Waals surface area contributed by atoms with Crippen LogP contribution in [-0.2, 0) is 4.79 Å². The van der Waals surface area contributed by atoms with E-state index in [-0.39, 0.29) is 11.9 Å². The maximum atomic E-state index is 12.4. The monoisotopic (exact) mass is 381 g/mol. The third kappa shape index (κ3) is 4.49. The van der Waals surface area contributed by atoms with Crippen molar-refractivity contribution in [1.82, 2.24) is 10.1 Å². The van der Waals surface area contributed by atoms with E-state index >= 15 is 0 Å². The highest BCUT2D eigenvalue weighted by molar-refractivity contribution is 5.92. The Labute approximate surface area is 163 Å². The summed E-state index contributed by atoms with van der Waals surface area (Å²) in [4.78, 5) is 16.6. The maximum absolute atomic E-state index is 12.4. The van der Waals surface area contributed by atoms with Gasteiger partial charge in [-0.3, -0.25) is 10.1 Å². The lowest BCUT2D eigenvalue weighted by atomic mass is 10.1. The van der Waals surface area contributed by atoms with Gasteiger partial charge in [-0.15, -0.1) is 0 Å². The molecule has 0 bridgehead atoms. The number of anilines is 1. The minimum Gasteiger partial charge on any atom is -0.494 e. The van der Waals surface area contributed by atoms with Gasteiger partial charge >= 0.3 is 0 Å². The fourth-order valence-electron chi connectivity index (χ4n) is 2.56. The topological polar surface area (TPSA) is 86.5 Å². The second-order valence-electron chi connectivity index (χ2n) is 6.33. The standard InChI is InChI=1S/C21H23N3O4/c1-5-26-17-11-9-16(10-12-17)20-23-21(24-28-20)22-19(25)15(4)27-18-8-6-7-13(2)14(18)3/h6-12,15H,5H2,1-4H3,(H,22,24,25). The van der Waals surface area contributed by atoms with Crippen molar-refractivity contribution in [3.8, 4) is 23.0 Å². The van der Waals surface area contributed by atoms with Gasteiger partial charge in [0.25, 0.3) is 17.7 Å². The lowest BCUT2D eigenvalue weighted by molar-refractivity contribution is -0.122. The third-order valence-corrected chi connectivity index (χ3v) is 4.30.